The molecule has 1 fully saturated rings. The average Bonchev–Trinajstić information content (AvgIpc) is 2.79. The highest BCUT2D eigenvalue weighted by Gasteiger charge is 2.28. The average molecular weight is 253 g/mol. The fraction of sp³-hybridized carbons (Fsp3) is 0.357. The monoisotopic (exact) mass is 253 g/mol. The third-order valence-electron chi connectivity index (χ3n) is 3.51. The van der Waals surface area contributed by atoms with Gasteiger partial charge in [0.05, 0.1) is 0 Å². The molecule has 0 aromatic carbocycles. The Morgan fingerprint density at radius 2 is 2.26 bits per heavy atom. The molecule has 19 heavy (non-hydrogen) atoms. The van der Waals surface area contributed by atoms with E-state index in [4.69, 9.17) is 5.26 Å². The van der Waals surface area contributed by atoms with E-state index >= 15 is 0 Å². The molecule has 0 radical (unpaired) electrons. The van der Waals surface area contributed by atoms with E-state index in [1.54, 1.807) is 6.07 Å². The van der Waals surface area contributed by atoms with Crippen LogP contribution in [0, 0.1) is 24.2 Å². The minimum atomic E-state index is 0.478. The van der Waals surface area contributed by atoms with Gasteiger partial charge >= 0.3 is 0 Å². The number of hydrogen-bond donors (Lipinski definition) is 0. The maximum atomic E-state index is 8.85. The highest BCUT2D eigenvalue weighted by Crippen LogP contribution is 2.24. The van der Waals surface area contributed by atoms with Crippen molar-refractivity contribution in [3.8, 4) is 6.07 Å². The van der Waals surface area contributed by atoms with Crippen LogP contribution in [0.4, 0.5) is 5.82 Å². The minimum absolute atomic E-state index is 0.478. The lowest BCUT2D eigenvalue weighted by molar-refractivity contribution is 0.352. The molecule has 1 aliphatic heterocycles. The molecule has 0 unspecified atom stereocenters. The number of anilines is 1. The van der Waals surface area contributed by atoms with Gasteiger partial charge in [-0.3, -0.25) is 0 Å². The van der Waals surface area contributed by atoms with Crippen LogP contribution in [0.15, 0.2) is 30.6 Å². The lowest BCUT2D eigenvalue weighted by Crippen LogP contribution is -2.49. The van der Waals surface area contributed by atoms with Crippen LogP contribution in [-0.2, 0) is 6.54 Å². The first-order valence-electron chi connectivity index (χ1n) is 6.36. The van der Waals surface area contributed by atoms with E-state index in [-0.39, 0.29) is 0 Å². The topological polar surface area (TPSA) is 57.7 Å². The molecular formula is C14H15N5. The Hall–Kier alpha value is -2.35. The van der Waals surface area contributed by atoms with Crippen LogP contribution in [0.25, 0.3) is 0 Å². The van der Waals surface area contributed by atoms with E-state index in [1.807, 2.05) is 31.5 Å². The van der Waals surface area contributed by atoms with Gasteiger partial charge in [-0.05, 0) is 19.1 Å². The molecule has 2 aromatic heterocycles. The van der Waals surface area contributed by atoms with E-state index in [2.05, 4.69) is 25.5 Å². The lowest BCUT2D eigenvalue weighted by Gasteiger charge is -2.40. The zero-order valence-electron chi connectivity index (χ0n) is 10.8. The maximum absolute atomic E-state index is 8.85. The lowest BCUT2D eigenvalue weighted by atomic mass is 10.00. The highest BCUT2D eigenvalue weighted by molar-refractivity contribution is 5.44. The summed E-state index contributed by atoms with van der Waals surface area (Å²) in [6, 6.07) is 7.65. The number of nitrogens with zero attached hydrogens (tertiary/aromatic N) is 5. The molecular weight excluding hydrogens is 238 g/mol. The molecule has 0 N–H and O–H groups in total. The fourth-order valence-corrected chi connectivity index (χ4v) is 2.41. The van der Waals surface area contributed by atoms with Crippen LogP contribution in [0.1, 0.15) is 11.5 Å². The third-order valence-corrected chi connectivity index (χ3v) is 3.51. The molecule has 5 nitrogen and oxygen atoms in total. The smallest absolute Gasteiger partial charge is 0.142 e. The summed E-state index contributed by atoms with van der Waals surface area (Å²) in [5.41, 5.74) is 0.478. The molecule has 0 saturated carbocycles. The van der Waals surface area contributed by atoms with Gasteiger partial charge in [-0.1, -0.05) is 6.07 Å². The Kier molecular flexibility index (Phi) is 2.92. The van der Waals surface area contributed by atoms with Crippen LogP contribution >= 0.6 is 0 Å². The Morgan fingerprint density at radius 1 is 1.42 bits per heavy atom. The van der Waals surface area contributed by atoms with Crippen LogP contribution in [0.5, 0.6) is 0 Å². The van der Waals surface area contributed by atoms with Gasteiger partial charge in [0, 0.05) is 37.9 Å². The van der Waals surface area contributed by atoms with Crippen molar-refractivity contribution in [3.63, 3.8) is 0 Å². The van der Waals surface area contributed by atoms with Crippen LogP contribution in [0.3, 0.4) is 0 Å². The molecule has 1 aliphatic rings. The predicted molar refractivity (Wildman–Crippen MR) is 71.6 cm³/mol. The molecule has 2 aromatic rings. The molecule has 0 bridgehead atoms. The Balaban J connectivity index is 1.61. The Bertz CT molecular complexity index is 619. The molecule has 3 rings (SSSR count). The quantitative estimate of drug-likeness (QED) is 0.833. The van der Waals surface area contributed by atoms with E-state index in [0.29, 0.717) is 11.6 Å². The number of pyridine rings is 1. The Labute approximate surface area is 112 Å². The van der Waals surface area contributed by atoms with Gasteiger partial charge in [0.25, 0.3) is 0 Å². The molecule has 0 aliphatic carbocycles. The molecule has 0 spiro atoms. The van der Waals surface area contributed by atoms with Gasteiger partial charge < -0.3 is 9.47 Å². The van der Waals surface area contributed by atoms with Crippen molar-refractivity contribution < 1.29 is 0 Å². The molecule has 0 atom stereocenters. The van der Waals surface area contributed by atoms with E-state index in [1.165, 1.54) is 0 Å². The first-order valence-corrected chi connectivity index (χ1v) is 6.36. The van der Waals surface area contributed by atoms with Crippen molar-refractivity contribution in [1.82, 2.24) is 14.5 Å². The second kappa shape index (κ2) is 4.73. The first-order chi connectivity index (χ1) is 9.26. The Morgan fingerprint density at radius 3 is 2.95 bits per heavy atom. The zero-order valence-corrected chi connectivity index (χ0v) is 10.8. The molecule has 3 heterocycles. The SMILES string of the molecule is Cc1nccn1CC1CN(c2cccc(C#N)n2)C1. The van der Waals surface area contributed by atoms with E-state index < -0.39 is 0 Å². The van der Waals surface area contributed by atoms with Gasteiger partial charge in [0.1, 0.15) is 23.4 Å². The van der Waals surface area contributed by atoms with Crippen molar-refractivity contribution in [3.05, 3.63) is 42.1 Å². The number of hydrogen-bond acceptors (Lipinski definition) is 4. The molecule has 1 saturated heterocycles. The van der Waals surface area contributed by atoms with Gasteiger partial charge in [0.15, 0.2) is 0 Å². The summed E-state index contributed by atoms with van der Waals surface area (Å²) in [5, 5.41) is 8.85. The number of aryl methyl sites for hydroxylation is 1. The first kappa shape index (κ1) is 11.7. The number of rotatable bonds is 3. The summed E-state index contributed by atoms with van der Waals surface area (Å²) < 4.78 is 2.18. The summed E-state index contributed by atoms with van der Waals surface area (Å²) in [7, 11) is 0. The number of aromatic nitrogens is 3. The van der Waals surface area contributed by atoms with Crippen LogP contribution < -0.4 is 4.90 Å². The molecule has 96 valence electrons. The predicted octanol–water partition coefficient (Wildman–Crippen LogP) is 1.59. The zero-order chi connectivity index (χ0) is 13.2. The standard InChI is InChI=1S/C14H15N5/c1-11-16-5-6-18(11)8-12-9-19(10-12)14-4-2-3-13(7-15)17-14/h2-6,12H,8-10H2,1H3. The van der Waals surface area contributed by atoms with Crippen molar-refractivity contribution in [1.29, 1.82) is 5.26 Å². The minimum Gasteiger partial charge on any atom is -0.356 e. The van der Waals surface area contributed by atoms with Crippen molar-refractivity contribution in [2.24, 2.45) is 5.92 Å². The van der Waals surface area contributed by atoms with E-state index in [0.717, 1.165) is 31.3 Å². The van der Waals surface area contributed by atoms with Crippen molar-refractivity contribution in [2.75, 3.05) is 18.0 Å². The molecule has 5 heteroatoms. The molecule has 0 amide bonds. The summed E-state index contributed by atoms with van der Waals surface area (Å²) in [6.07, 6.45) is 3.86. The van der Waals surface area contributed by atoms with Gasteiger partial charge in [-0.15, -0.1) is 0 Å². The number of imidazole rings is 1. The van der Waals surface area contributed by atoms with Gasteiger partial charge in [-0.2, -0.15) is 5.26 Å². The van der Waals surface area contributed by atoms with Crippen LogP contribution in [0.2, 0.25) is 0 Å². The summed E-state index contributed by atoms with van der Waals surface area (Å²) in [5.74, 6) is 2.58. The second-order valence-corrected chi connectivity index (χ2v) is 4.89. The third kappa shape index (κ3) is 2.29. The fourth-order valence-electron chi connectivity index (χ4n) is 2.41. The summed E-state index contributed by atoms with van der Waals surface area (Å²) in [4.78, 5) is 10.7. The maximum Gasteiger partial charge on any atom is 0.142 e. The highest BCUT2D eigenvalue weighted by atomic mass is 15.2. The normalized spacial score (nSPS) is 15.1. The van der Waals surface area contributed by atoms with Crippen LogP contribution in [-0.4, -0.2) is 27.6 Å². The summed E-state index contributed by atoms with van der Waals surface area (Å²) >= 11 is 0. The van der Waals surface area contributed by atoms with Crippen molar-refractivity contribution >= 4 is 5.82 Å². The van der Waals surface area contributed by atoms with Gasteiger partial charge in [0.2, 0.25) is 0 Å². The van der Waals surface area contributed by atoms with E-state index in [9.17, 15) is 0 Å². The second-order valence-electron chi connectivity index (χ2n) is 4.89. The summed E-state index contributed by atoms with van der Waals surface area (Å²) in [6.45, 7) is 4.99. The van der Waals surface area contributed by atoms with Gasteiger partial charge in [-0.25, -0.2) is 9.97 Å². The largest absolute Gasteiger partial charge is 0.356 e. The van der Waals surface area contributed by atoms with Crippen molar-refractivity contribution in [2.45, 2.75) is 13.5 Å². The number of nitriles is 1.